The average Bonchev–Trinajstić information content (AvgIpc) is 3.11. The molecule has 2 amide bonds. The number of carbonyl (C=O) groups excluding carboxylic acids is 1. The lowest BCUT2D eigenvalue weighted by Gasteiger charge is -2.33. The topological polar surface area (TPSA) is 87.5 Å². The summed E-state index contributed by atoms with van der Waals surface area (Å²) in [5.41, 5.74) is -4.00. The Labute approximate surface area is 185 Å². The molecule has 0 radical (unpaired) electrons. The highest BCUT2D eigenvalue weighted by molar-refractivity contribution is 5.90. The Morgan fingerprint density at radius 1 is 1.03 bits per heavy atom. The molecule has 1 heterocycles. The molecule has 0 bridgehead atoms. The minimum Gasteiger partial charge on any atom is -0.465 e. The number of nitrogens with zero attached hydrogens (tertiary/aromatic N) is 3. The molecule has 182 valence electrons. The van der Waals surface area contributed by atoms with Crippen molar-refractivity contribution in [2.24, 2.45) is 0 Å². The molecule has 33 heavy (non-hydrogen) atoms. The van der Waals surface area contributed by atoms with Crippen molar-refractivity contribution in [2.45, 2.75) is 51.5 Å². The van der Waals surface area contributed by atoms with Gasteiger partial charge in [-0.3, -0.25) is 4.79 Å². The lowest BCUT2D eigenvalue weighted by atomic mass is 10.1. The molecule has 7 nitrogen and oxygen atoms in total. The Morgan fingerprint density at radius 3 is 2.06 bits per heavy atom. The zero-order valence-electron chi connectivity index (χ0n) is 17.9. The van der Waals surface area contributed by atoms with Gasteiger partial charge in [0.05, 0.1) is 5.69 Å². The third-order valence-electron chi connectivity index (χ3n) is 4.51. The van der Waals surface area contributed by atoms with E-state index in [1.165, 1.54) is 17.0 Å². The maximum absolute atomic E-state index is 13.2. The van der Waals surface area contributed by atoms with Crippen LogP contribution in [0.1, 0.15) is 45.0 Å². The molecule has 0 aliphatic heterocycles. The van der Waals surface area contributed by atoms with Crippen LogP contribution in [0.15, 0.2) is 30.3 Å². The molecule has 0 aliphatic rings. The molecule has 13 heteroatoms. The number of nitrogens with one attached hydrogen (secondary N) is 1. The summed E-state index contributed by atoms with van der Waals surface area (Å²) in [7, 11) is 0. The second kappa shape index (κ2) is 9.32. The van der Waals surface area contributed by atoms with E-state index in [1.807, 2.05) is 0 Å². The number of carboxylic acid groups (broad SMARTS) is 1. The van der Waals surface area contributed by atoms with E-state index >= 15 is 0 Å². The van der Waals surface area contributed by atoms with E-state index in [0.717, 1.165) is 12.1 Å². The van der Waals surface area contributed by atoms with E-state index in [-0.39, 0.29) is 41.5 Å². The van der Waals surface area contributed by atoms with Crippen LogP contribution in [0.5, 0.6) is 0 Å². The maximum atomic E-state index is 13.2. The summed E-state index contributed by atoms with van der Waals surface area (Å²) in [4.78, 5) is 24.6. The molecule has 0 spiro atoms. The number of benzene rings is 1. The summed E-state index contributed by atoms with van der Waals surface area (Å²) in [6.07, 6.45) is -11.0. The van der Waals surface area contributed by atoms with Crippen LogP contribution < -0.4 is 5.32 Å². The molecule has 2 aromatic rings. The Bertz CT molecular complexity index is 991. The van der Waals surface area contributed by atoms with Gasteiger partial charge in [-0.2, -0.15) is 31.4 Å². The molecule has 2 N–H and O–H groups in total. The zero-order valence-corrected chi connectivity index (χ0v) is 17.9. The Hall–Kier alpha value is -3.25. The number of amides is 2. The molecule has 0 saturated heterocycles. The minimum absolute atomic E-state index is 0.0199. The number of rotatable bonds is 6. The fourth-order valence-corrected chi connectivity index (χ4v) is 2.94. The minimum atomic E-state index is -5.07. The zero-order chi connectivity index (χ0) is 25.2. The number of halogens is 6. The highest BCUT2D eigenvalue weighted by Crippen LogP contribution is 2.36. The second-order valence-electron chi connectivity index (χ2n) is 8.13. The van der Waals surface area contributed by atoms with Gasteiger partial charge in [0.15, 0.2) is 5.69 Å². The van der Waals surface area contributed by atoms with Crippen LogP contribution in [0.2, 0.25) is 0 Å². The van der Waals surface area contributed by atoms with Crippen molar-refractivity contribution in [3.8, 4) is 5.69 Å². The molecule has 1 aromatic carbocycles. The average molecular weight is 480 g/mol. The first-order chi connectivity index (χ1) is 15.0. The molecule has 1 aromatic heterocycles. The van der Waals surface area contributed by atoms with Crippen molar-refractivity contribution < 1.29 is 41.0 Å². The summed E-state index contributed by atoms with van der Waals surface area (Å²) in [5.74, 6) is -0.462. The molecule has 0 fully saturated rings. The van der Waals surface area contributed by atoms with Crippen molar-refractivity contribution in [3.63, 3.8) is 0 Å². The Morgan fingerprint density at radius 2 is 1.61 bits per heavy atom. The number of aromatic nitrogens is 2. The van der Waals surface area contributed by atoms with Gasteiger partial charge in [0, 0.05) is 30.3 Å². The maximum Gasteiger partial charge on any atom is 0.435 e. The predicted molar refractivity (Wildman–Crippen MR) is 106 cm³/mol. The summed E-state index contributed by atoms with van der Waals surface area (Å²) in [5, 5.41) is 14.8. The first kappa shape index (κ1) is 26.0. The van der Waals surface area contributed by atoms with Gasteiger partial charge in [0.1, 0.15) is 5.69 Å². The van der Waals surface area contributed by atoms with Gasteiger partial charge in [-0.25, -0.2) is 9.48 Å². The molecule has 0 atom stereocenters. The summed E-state index contributed by atoms with van der Waals surface area (Å²) >= 11 is 0. The third kappa shape index (κ3) is 6.86. The van der Waals surface area contributed by atoms with Crippen molar-refractivity contribution >= 4 is 17.7 Å². The summed E-state index contributed by atoms with van der Waals surface area (Å²) < 4.78 is 78.1. The lowest BCUT2D eigenvalue weighted by Crippen LogP contribution is -2.45. The third-order valence-corrected chi connectivity index (χ3v) is 4.51. The SMILES string of the molecule is CC(C)(C)N(CCCC(=O)Nc1ccc(-n2nc(C(F)(F)F)cc2C(F)(F)F)cc1)C(=O)O. The number of hydrogen-bond donors (Lipinski definition) is 2. The molecular formula is C20H22F6N4O3. The van der Waals surface area contributed by atoms with Gasteiger partial charge in [-0.15, -0.1) is 0 Å². The van der Waals surface area contributed by atoms with E-state index < -0.39 is 41.3 Å². The van der Waals surface area contributed by atoms with Gasteiger partial charge in [0.25, 0.3) is 0 Å². The van der Waals surface area contributed by atoms with Crippen LogP contribution in [0, 0.1) is 0 Å². The van der Waals surface area contributed by atoms with Crippen LogP contribution >= 0.6 is 0 Å². The van der Waals surface area contributed by atoms with Gasteiger partial charge >= 0.3 is 18.4 Å². The normalized spacial score (nSPS) is 12.5. The summed E-state index contributed by atoms with van der Waals surface area (Å²) in [6.45, 7) is 5.25. The predicted octanol–water partition coefficient (Wildman–Crippen LogP) is 5.41. The number of alkyl halides is 6. The molecule has 0 unspecified atom stereocenters. The smallest absolute Gasteiger partial charge is 0.435 e. The van der Waals surface area contributed by atoms with Gasteiger partial charge in [-0.1, -0.05) is 0 Å². The molecule has 0 saturated carbocycles. The monoisotopic (exact) mass is 480 g/mol. The fraction of sp³-hybridized carbons (Fsp3) is 0.450. The second-order valence-corrected chi connectivity index (χ2v) is 8.13. The van der Waals surface area contributed by atoms with Gasteiger partial charge in [-0.05, 0) is 51.5 Å². The van der Waals surface area contributed by atoms with Gasteiger partial charge in [0.2, 0.25) is 5.91 Å². The highest BCUT2D eigenvalue weighted by atomic mass is 19.4. The van der Waals surface area contributed by atoms with E-state index in [9.17, 15) is 41.0 Å². The van der Waals surface area contributed by atoms with Crippen LogP contribution in [-0.4, -0.2) is 43.9 Å². The van der Waals surface area contributed by atoms with E-state index in [1.54, 1.807) is 20.8 Å². The van der Waals surface area contributed by atoms with Crippen molar-refractivity contribution in [1.82, 2.24) is 14.7 Å². The first-order valence-electron chi connectivity index (χ1n) is 9.65. The largest absolute Gasteiger partial charge is 0.465 e. The standard InChI is InChI=1S/C20H22F6N4O3/c1-18(2,3)29(17(32)33)10-4-5-16(31)27-12-6-8-13(9-7-12)30-15(20(24,25)26)11-14(28-30)19(21,22)23/h6-9,11H,4-5,10H2,1-3H3,(H,27,31)(H,32,33). The molecule has 2 rings (SSSR count). The Kier molecular flexibility index (Phi) is 7.34. The van der Waals surface area contributed by atoms with E-state index in [2.05, 4.69) is 10.4 Å². The number of carbonyl (C=O) groups is 2. The van der Waals surface area contributed by atoms with Crippen molar-refractivity contribution in [1.29, 1.82) is 0 Å². The van der Waals surface area contributed by atoms with E-state index in [4.69, 9.17) is 0 Å². The first-order valence-corrected chi connectivity index (χ1v) is 9.65. The molecular weight excluding hydrogens is 458 g/mol. The van der Waals surface area contributed by atoms with Crippen molar-refractivity contribution in [3.05, 3.63) is 41.7 Å². The van der Waals surface area contributed by atoms with Crippen molar-refractivity contribution in [2.75, 3.05) is 11.9 Å². The number of hydrogen-bond acceptors (Lipinski definition) is 3. The lowest BCUT2D eigenvalue weighted by molar-refractivity contribution is -0.143. The summed E-state index contributed by atoms with van der Waals surface area (Å²) in [6, 6.07) is 4.54. The van der Waals surface area contributed by atoms with Gasteiger partial charge < -0.3 is 15.3 Å². The van der Waals surface area contributed by atoms with Crippen LogP contribution in [0.25, 0.3) is 5.69 Å². The van der Waals surface area contributed by atoms with Crippen LogP contribution in [-0.2, 0) is 17.1 Å². The highest BCUT2D eigenvalue weighted by Gasteiger charge is 2.42. The fourth-order valence-electron chi connectivity index (χ4n) is 2.94. The van der Waals surface area contributed by atoms with Crippen LogP contribution in [0.4, 0.5) is 36.8 Å². The quantitative estimate of drug-likeness (QED) is 0.542. The molecule has 0 aliphatic carbocycles. The van der Waals surface area contributed by atoms with Crippen LogP contribution in [0.3, 0.4) is 0 Å². The van der Waals surface area contributed by atoms with E-state index in [0.29, 0.717) is 0 Å². The Balaban J connectivity index is 2.08. The number of anilines is 1.